The number of hydrogen-bond acceptors (Lipinski definition) is 10. The van der Waals surface area contributed by atoms with Crippen molar-refractivity contribution >= 4 is 35.8 Å². The number of hydrogen-bond donors (Lipinski definition) is 3. The normalized spacial score (nSPS) is 11.9. The molecule has 0 rings (SSSR count). The molecule has 0 aromatic rings. The molecular formula is C18H29N3O10. The molecule has 3 N–H and O–H groups in total. The Hall–Kier alpha value is -3.38. The van der Waals surface area contributed by atoms with Crippen molar-refractivity contribution in [3.8, 4) is 0 Å². The van der Waals surface area contributed by atoms with Gasteiger partial charge in [-0.1, -0.05) is 0 Å². The fraction of sp³-hybridized carbons (Fsp3) is 0.667. The zero-order valence-corrected chi connectivity index (χ0v) is 18.0. The highest BCUT2D eigenvalue weighted by Crippen LogP contribution is 2.03. The number of carbonyl (C=O) groups is 6. The first-order chi connectivity index (χ1) is 14.7. The second-order valence-electron chi connectivity index (χ2n) is 6.10. The number of rotatable bonds is 13. The van der Waals surface area contributed by atoms with E-state index in [-0.39, 0.29) is 38.6 Å². The number of methoxy groups -OCH3 is 4. The molecule has 0 aliphatic heterocycles. The van der Waals surface area contributed by atoms with Gasteiger partial charge in [0.15, 0.2) is 0 Å². The van der Waals surface area contributed by atoms with Crippen LogP contribution in [0.4, 0.5) is 4.79 Å². The topological polar surface area (TPSA) is 175 Å². The summed E-state index contributed by atoms with van der Waals surface area (Å²) in [4.78, 5) is 69.9. The summed E-state index contributed by atoms with van der Waals surface area (Å²) in [5, 5.41) is 7.12. The molecule has 0 spiro atoms. The van der Waals surface area contributed by atoms with Gasteiger partial charge in [0.2, 0.25) is 5.91 Å². The SMILES string of the molecule is COC(=O)CCC(NC(=O)CCNC(=O)NC(CCC(=O)OC)C(=O)OC)C(=O)OC. The van der Waals surface area contributed by atoms with Crippen molar-refractivity contribution in [2.45, 2.75) is 44.2 Å². The molecule has 0 radical (unpaired) electrons. The molecule has 0 aromatic carbocycles. The maximum atomic E-state index is 12.0. The third kappa shape index (κ3) is 12.0. The summed E-state index contributed by atoms with van der Waals surface area (Å²) < 4.78 is 18.1. The zero-order valence-electron chi connectivity index (χ0n) is 18.0. The van der Waals surface area contributed by atoms with Crippen LogP contribution < -0.4 is 16.0 Å². The predicted octanol–water partition coefficient (Wildman–Crippen LogP) is -1.22. The van der Waals surface area contributed by atoms with Crippen molar-refractivity contribution in [2.75, 3.05) is 35.0 Å². The van der Waals surface area contributed by atoms with E-state index in [1.54, 1.807) is 0 Å². The third-order valence-corrected chi connectivity index (χ3v) is 3.98. The first kappa shape index (κ1) is 27.6. The molecule has 13 nitrogen and oxygen atoms in total. The van der Waals surface area contributed by atoms with Crippen molar-refractivity contribution in [1.29, 1.82) is 0 Å². The Morgan fingerprint density at radius 1 is 0.645 bits per heavy atom. The van der Waals surface area contributed by atoms with Crippen LogP contribution in [0.15, 0.2) is 0 Å². The fourth-order valence-corrected chi connectivity index (χ4v) is 2.28. The van der Waals surface area contributed by atoms with Crippen molar-refractivity contribution in [3.05, 3.63) is 0 Å². The molecule has 0 saturated heterocycles. The van der Waals surface area contributed by atoms with Gasteiger partial charge in [0.1, 0.15) is 12.1 Å². The Kier molecular flexibility index (Phi) is 13.8. The molecule has 2 unspecified atom stereocenters. The van der Waals surface area contributed by atoms with Gasteiger partial charge in [0.25, 0.3) is 0 Å². The van der Waals surface area contributed by atoms with Gasteiger partial charge in [0, 0.05) is 25.8 Å². The summed E-state index contributed by atoms with van der Waals surface area (Å²) in [5.74, 6) is -3.15. The van der Waals surface area contributed by atoms with E-state index in [1.165, 1.54) is 14.2 Å². The zero-order chi connectivity index (χ0) is 23.8. The second-order valence-corrected chi connectivity index (χ2v) is 6.10. The molecule has 3 amide bonds. The van der Waals surface area contributed by atoms with Crippen LogP contribution in [0, 0.1) is 0 Å². The second kappa shape index (κ2) is 15.5. The maximum Gasteiger partial charge on any atom is 0.328 e. The third-order valence-electron chi connectivity index (χ3n) is 3.98. The predicted molar refractivity (Wildman–Crippen MR) is 103 cm³/mol. The van der Waals surface area contributed by atoms with E-state index in [0.29, 0.717) is 0 Å². The van der Waals surface area contributed by atoms with Crippen LogP contribution in [0.5, 0.6) is 0 Å². The summed E-state index contributed by atoms with van der Waals surface area (Å²) in [5.41, 5.74) is 0. The lowest BCUT2D eigenvalue weighted by Crippen LogP contribution is -2.48. The molecular weight excluding hydrogens is 418 g/mol. The van der Waals surface area contributed by atoms with E-state index in [0.717, 1.165) is 14.2 Å². The van der Waals surface area contributed by atoms with E-state index < -0.39 is 47.9 Å². The van der Waals surface area contributed by atoms with Gasteiger partial charge >= 0.3 is 29.9 Å². The van der Waals surface area contributed by atoms with Gasteiger partial charge in [-0.05, 0) is 12.8 Å². The van der Waals surface area contributed by atoms with E-state index in [2.05, 4.69) is 34.9 Å². The average molecular weight is 447 g/mol. The molecule has 0 aliphatic rings. The molecule has 13 heteroatoms. The minimum absolute atomic E-state index is 0.0139. The quantitative estimate of drug-likeness (QED) is 0.229. The van der Waals surface area contributed by atoms with E-state index in [1.807, 2.05) is 0 Å². The van der Waals surface area contributed by atoms with Gasteiger partial charge in [-0.25, -0.2) is 14.4 Å². The van der Waals surface area contributed by atoms with Crippen molar-refractivity contribution in [1.82, 2.24) is 16.0 Å². The van der Waals surface area contributed by atoms with Gasteiger partial charge in [0.05, 0.1) is 28.4 Å². The van der Waals surface area contributed by atoms with Crippen LogP contribution in [-0.4, -0.2) is 82.9 Å². The first-order valence-electron chi connectivity index (χ1n) is 9.31. The summed E-state index contributed by atoms with van der Waals surface area (Å²) in [6.07, 6.45) is -0.449. The molecule has 176 valence electrons. The van der Waals surface area contributed by atoms with E-state index >= 15 is 0 Å². The Morgan fingerprint density at radius 3 is 1.52 bits per heavy atom. The van der Waals surface area contributed by atoms with Crippen LogP contribution in [0.3, 0.4) is 0 Å². The largest absolute Gasteiger partial charge is 0.469 e. The Bertz CT molecular complexity index is 598. The number of amides is 3. The maximum absolute atomic E-state index is 12.0. The lowest BCUT2D eigenvalue weighted by Gasteiger charge is -2.17. The smallest absolute Gasteiger partial charge is 0.328 e. The van der Waals surface area contributed by atoms with E-state index in [4.69, 9.17) is 0 Å². The molecule has 2 atom stereocenters. The molecule has 0 fully saturated rings. The van der Waals surface area contributed by atoms with E-state index in [9.17, 15) is 28.8 Å². The van der Waals surface area contributed by atoms with Gasteiger partial charge < -0.3 is 34.9 Å². The van der Waals surface area contributed by atoms with Crippen molar-refractivity contribution in [2.24, 2.45) is 0 Å². The highest BCUT2D eigenvalue weighted by molar-refractivity contribution is 5.86. The monoisotopic (exact) mass is 447 g/mol. The Labute approximate surface area is 179 Å². The minimum Gasteiger partial charge on any atom is -0.469 e. The number of urea groups is 1. The number of esters is 4. The lowest BCUT2D eigenvalue weighted by molar-refractivity contribution is -0.147. The highest BCUT2D eigenvalue weighted by atomic mass is 16.5. The van der Waals surface area contributed by atoms with Crippen LogP contribution in [0.25, 0.3) is 0 Å². The lowest BCUT2D eigenvalue weighted by atomic mass is 10.1. The Balaban J connectivity index is 4.54. The van der Waals surface area contributed by atoms with Crippen LogP contribution in [0.1, 0.15) is 32.1 Å². The number of ether oxygens (including phenoxy) is 4. The molecule has 0 aliphatic carbocycles. The number of carbonyl (C=O) groups excluding carboxylic acids is 6. The molecule has 0 aromatic heterocycles. The molecule has 0 heterocycles. The summed E-state index contributed by atoms with van der Waals surface area (Å²) >= 11 is 0. The molecule has 0 bridgehead atoms. The summed E-state index contributed by atoms with van der Waals surface area (Å²) in [6, 6.07) is -2.89. The summed E-state index contributed by atoms with van der Waals surface area (Å²) in [7, 11) is 4.67. The molecule has 31 heavy (non-hydrogen) atoms. The van der Waals surface area contributed by atoms with Gasteiger partial charge in [-0.2, -0.15) is 0 Å². The minimum atomic E-state index is -1.08. The van der Waals surface area contributed by atoms with Crippen molar-refractivity contribution < 1.29 is 47.7 Å². The average Bonchev–Trinajstić information content (AvgIpc) is 2.77. The highest BCUT2D eigenvalue weighted by Gasteiger charge is 2.24. The summed E-state index contributed by atoms with van der Waals surface area (Å²) in [6.45, 7) is -0.118. The Morgan fingerprint density at radius 2 is 1.10 bits per heavy atom. The van der Waals surface area contributed by atoms with Crippen LogP contribution in [-0.2, 0) is 42.9 Å². The number of nitrogens with one attached hydrogen (secondary N) is 3. The first-order valence-corrected chi connectivity index (χ1v) is 9.31. The van der Waals surface area contributed by atoms with Gasteiger partial charge in [-0.3, -0.25) is 14.4 Å². The standard InChI is InChI=1S/C18H29N3O10/c1-28-14(23)7-5-11(16(25)30-3)20-13(22)9-10-19-18(27)21-12(17(26)31-4)6-8-15(24)29-2/h11-12H,5-10H2,1-4H3,(H,20,22)(H2,19,21,27). The van der Waals surface area contributed by atoms with Crippen LogP contribution in [0.2, 0.25) is 0 Å². The van der Waals surface area contributed by atoms with Crippen LogP contribution >= 0.6 is 0 Å². The van der Waals surface area contributed by atoms with Gasteiger partial charge in [-0.15, -0.1) is 0 Å². The fourth-order valence-electron chi connectivity index (χ4n) is 2.28. The molecule has 0 saturated carbocycles. The van der Waals surface area contributed by atoms with Crippen molar-refractivity contribution in [3.63, 3.8) is 0 Å².